The molecule has 1 aromatic rings. The molecule has 1 heterocycles. The number of hydrogen-bond donors (Lipinski definition) is 1. The number of aliphatic hydroxyl groups excluding tert-OH is 1. The summed E-state index contributed by atoms with van der Waals surface area (Å²) in [5.74, 6) is 0. The summed E-state index contributed by atoms with van der Waals surface area (Å²) >= 11 is 10.6. The molecule has 0 aliphatic heterocycles. The lowest BCUT2D eigenvalue weighted by Gasteiger charge is -2.01. The van der Waals surface area contributed by atoms with E-state index in [1.165, 1.54) is 11.3 Å². The number of aliphatic hydroxyl groups is 1. The summed E-state index contributed by atoms with van der Waals surface area (Å²) in [7, 11) is 0. The maximum absolute atomic E-state index is 9.40. The van der Waals surface area contributed by atoms with E-state index < -0.39 is 0 Å². The Labute approximate surface area is 83.1 Å². The highest BCUT2D eigenvalue weighted by atomic mass is 79.9. The molecule has 0 fully saturated rings. The van der Waals surface area contributed by atoms with Gasteiger partial charge in [0.05, 0.1) is 14.9 Å². The van der Waals surface area contributed by atoms with Crippen LogP contribution in [0.5, 0.6) is 0 Å². The Bertz CT molecular complexity index is 229. The number of halogens is 2. The van der Waals surface area contributed by atoms with Crippen molar-refractivity contribution >= 4 is 38.9 Å². The van der Waals surface area contributed by atoms with Crippen LogP contribution >= 0.6 is 38.9 Å². The van der Waals surface area contributed by atoms with E-state index in [-0.39, 0.29) is 6.10 Å². The van der Waals surface area contributed by atoms with Gasteiger partial charge in [-0.05, 0) is 28.4 Å². The topological polar surface area (TPSA) is 20.2 Å². The van der Waals surface area contributed by atoms with Crippen LogP contribution < -0.4 is 0 Å². The summed E-state index contributed by atoms with van der Waals surface area (Å²) in [5.41, 5.74) is 0. The van der Waals surface area contributed by atoms with Crippen molar-refractivity contribution in [1.82, 2.24) is 0 Å². The average Bonchev–Trinajstić information content (AvgIpc) is 2.31. The van der Waals surface area contributed by atoms with Crippen molar-refractivity contribution in [2.75, 3.05) is 0 Å². The lowest BCUT2D eigenvalue weighted by atomic mass is 10.2. The smallest absolute Gasteiger partial charge is 0.0888 e. The van der Waals surface area contributed by atoms with E-state index in [1.807, 2.05) is 6.92 Å². The molecule has 0 aliphatic rings. The van der Waals surface area contributed by atoms with E-state index in [4.69, 9.17) is 11.6 Å². The second-order valence-corrected chi connectivity index (χ2v) is 5.00. The fourth-order valence-electron chi connectivity index (χ4n) is 0.729. The van der Waals surface area contributed by atoms with Crippen LogP contribution in [-0.2, 0) is 0 Å². The van der Waals surface area contributed by atoms with Crippen molar-refractivity contribution in [1.29, 1.82) is 0 Å². The average molecular weight is 256 g/mol. The highest BCUT2D eigenvalue weighted by molar-refractivity contribution is 9.11. The molecule has 0 amide bonds. The third-order valence-corrected chi connectivity index (χ3v) is 3.96. The van der Waals surface area contributed by atoms with Crippen molar-refractivity contribution in [3.05, 3.63) is 19.8 Å². The Morgan fingerprint density at radius 2 is 2.45 bits per heavy atom. The van der Waals surface area contributed by atoms with E-state index in [9.17, 15) is 5.11 Å². The Balaban J connectivity index is 2.88. The van der Waals surface area contributed by atoms with E-state index >= 15 is 0 Å². The zero-order chi connectivity index (χ0) is 8.43. The molecular formula is C7H8BrClOS. The van der Waals surface area contributed by atoms with Crippen LogP contribution in [0, 0.1) is 0 Å². The second kappa shape index (κ2) is 3.90. The molecule has 1 atom stereocenters. The Hall–Kier alpha value is 0.430. The molecule has 1 nitrogen and oxygen atoms in total. The molecule has 1 rings (SSSR count). The number of thiophene rings is 1. The van der Waals surface area contributed by atoms with Gasteiger partial charge in [0.2, 0.25) is 0 Å². The van der Waals surface area contributed by atoms with Gasteiger partial charge in [-0.1, -0.05) is 18.5 Å². The molecule has 1 aromatic heterocycles. The summed E-state index contributed by atoms with van der Waals surface area (Å²) in [6.45, 7) is 1.94. The maximum atomic E-state index is 9.40. The van der Waals surface area contributed by atoms with Crippen LogP contribution in [0.25, 0.3) is 0 Å². The summed E-state index contributed by atoms with van der Waals surface area (Å²) < 4.78 is 0.890. The molecule has 0 saturated heterocycles. The van der Waals surface area contributed by atoms with Gasteiger partial charge >= 0.3 is 0 Å². The minimum absolute atomic E-state index is 0.371. The number of rotatable bonds is 2. The first-order chi connectivity index (χ1) is 5.15. The van der Waals surface area contributed by atoms with E-state index in [0.29, 0.717) is 5.02 Å². The van der Waals surface area contributed by atoms with Crippen molar-refractivity contribution in [3.63, 3.8) is 0 Å². The SMILES string of the molecule is CC[C@H](O)c1cc(Cl)c(Br)s1. The molecule has 0 aromatic carbocycles. The van der Waals surface area contributed by atoms with Crippen molar-refractivity contribution in [2.45, 2.75) is 19.4 Å². The molecule has 0 spiro atoms. The lowest BCUT2D eigenvalue weighted by molar-refractivity contribution is 0.177. The molecule has 11 heavy (non-hydrogen) atoms. The van der Waals surface area contributed by atoms with Crippen LogP contribution in [-0.4, -0.2) is 5.11 Å². The Kier molecular flexibility index (Phi) is 3.37. The maximum Gasteiger partial charge on any atom is 0.0888 e. The minimum Gasteiger partial charge on any atom is -0.388 e. The zero-order valence-corrected chi connectivity index (χ0v) is 9.13. The van der Waals surface area contributed by atoms with Gasteiger partial charge in [-0.2, -0.15) is 0 Å². The van der Waals surface area contributed by atoms with Gasteiger partial charge in [0, 0.05) is 4.88 Å². The monoisotopic (exact) mass is 254 g/mol. The zero-order valence-electron chi connectivity index (χ0n) is 5.97. The predicted octanol–water partition coefficient (Wildman–Crippen LogP) is 3.61. The molecule has 0 bridgehead atoms. The third kappa shape index (κ3) is 2.18. The second-order valence-electron chi connectivity index (χ2n) is 2.19. The van der Waals surface area contributed by atoms with Crippen molar-refractivity contribution in [2.24, 2.45) is 0 Å². The lowest BCUT2D eigenvalue weighted by Crippen LogP contribution is -1.89. The van der Waals surface area contributed by atoms with Gasteiger partial charge in [0.15, 0.2) is 0 Å². The van der Waals surface area contributed by atoms with Gasteiger partial charge in [-0.25, -0.2) is 0 Å². The van der Waals surface area contributed by atoms with E-state index in [2.05, 4.69) is 15.9 Å². The van der Waals surface area contributed by atoms with Crippen LogP contribution in [0.3, 0.4) is 0 Å². The van der Waals surface area contributed by atoms with E-state index in [0.717, 1.165) is 15.1 Å². The first-order valence-corrected chi connectivity index (χ1v) is 5.26. The summed E-state index contributed by atoms with van der Waals surface area (Å²) in [4.78, 5) is 0.921. The summed E-state index contributed by atoms with van der Waals surface area (Å²) in [6.07, 6.45) is 0.354. The molecule has 4 heteroatoms. The molecular weight excluding hydrogens is 248 g/mol. The fraction of sp³-hybridized carbons (Fsp3) is 0.429. The van der Waals surface area contributed by atoms with Crippen LogP contribution in [0.4, 0.5) is 0 Å². The highest BCUT2D eigenvalue weighted by Crippen LogP contribution is 2.35. The predicted molar refractivity (Wildman–Crippen MR) is 52.3 cm³/mol. The Morgan fingerprint density at radius 3 is 2.82 bits per heavy atom. The Morgan fingerprint density at radius 1 is 1.82 bits per heavy atom. The molecule has 0 saturated carbocycles. The number of hydrogen-bond acceptors (Lipinski definition) is 2. The van der Waals surface area contributed by atoms with Crippen molar-refractivity contribution < 1.29 is 5.11 Å². The largest absolute Gasteiger partial charge is 0.388 e. The van der Waals surface area contributed by atoms with Crippen molar-refractivity contribution in [3.8, 4) is 0 Å². The molecule has 0 radical (unpaired) electrons. The molecule has 1 N–H and O–H groups in total. The first-order valence-electron chi connectivity index (χ1n) is 3.28. The van der Waals surface area contributed by atoms with Gasteiger partial charge < -0.3 is 5.11 Å². The van der Waals surface area contributed by atoms with Crippen LogP contribution in [0.2, 0.25) is 5.02 Å². The third-order valence-electron chi connectivity index (χ3n) is 1.38. The van der Waals surface area contributed by atoms with Crippen LogP contribution in [0.15, 0.2) is 9.85 Å². The van der Waals surface area contributed by atoms with E-state index in [1.54, 1.807) is 6.07 Å². The molecule has 0 aliphatic carbocycles. The fourth-order valence-corrected chi connectivity index (χ4v) is 2.54. The summed E-state index contributed by atoms with van der Waals surface area (Å²) in [5, 5.41) is 10.1. The summed E-state index contributed by atoms with van der Waals surface area (Å²) in [6, 6.07) is 1.80. The molecule has 62 valence electrons. The van der Waals surface area contributed by atoms with Crippen LogP contribution in [0.1, 0.15) is 24.3 Å². The first kappa shape index (κ1) is 9.52. The van der Waals surface area contributed by atoms with Gasteiger partial charge in [-0.3, -0.25) is 0 Å². The highest BCUT2D eigenvalue weighted by Gasteiger charge is 2.10. The molecule has 0 unspecified atom stereocenters. The quantitative estimate of drug-likeness (QED) is 0.856. The standard InChI is InChI=1S/C7H8BrClOS/c1-2-5(10)6-3-4(9)7(8)11-6/h3,5,10H,2H2,1H3/t5-/m0/s1. The minimum atomic E-state index is -0.371. The normalized spacial score (nSPS) is 13.5. The van der Waals surface area contributed by atoms with Gasteiger partial charge in [0.1, 0.15) is 0 Å². The van der Waals surface area contributed by atoms with Gasteiger partial charge in [-0.15, -0.1) is 11.3 Å². The van der Waals surface area contributed by atoms with Gasteiger partial charge in [0.25, 0.3) is 0 Å².